The molecule has 138 valence electrons. The molecule has 2 aromatic rings. The van der Waals surface area contributed by atoms with Crippen molar-refractivity contribution in [3.05, 3.63) is 58.1 Å². The number of rotatable bonds is 8. The number of nitrogens with one attached hydrogen (secondary N) is 1. The monoisotopic (exact) mass is 373 g/mol. The summed E-state index contributed by atoms with van der Waals surface area (Å²) in [4.78, 5) is 10.1. The second-order valence-electron chi connectivity index (χ2n) is 4.63. The number of benzene rings is 2. The zero-order chi connectivity index (χ0) is 19.1. The van der Waals surface area contributed by atoms with E-state index in [1.807, 2.05) is 0 Å². The van der Waals surface area contributed by atoms with Crippen LogP contribution >= 0.6 is 0 Å². The van der Waals surface area contributed by atoms with Crippen LogP contribution in [0.1, 0.15) is 5.56 Å². The van der Waals surface area contributed by atoms with Crippen LogP contribution in [0.3, 0.4) is 0 Å². The summed E-state index contributed by atoms with van der Waals surface area (Å²) in [7, 11) is 0. The van der Waals surface area contributed by atoms with Crippen molar-refractivity contribution in [2.75, 3.05) is 5.43 Å². The van der Waals surface area contributed by atoms with Crippen molar-refractivity contribution in [2.24, 2.45) is 5.10 Å². The van der Waals surface area contributed by atoms with Gasteiger partial charge in [-0.15, -0.1) is 0 Å². The summed E-state index contributed by atoms with van der Waals surface area (Å²) < 4.78 is 57.7. The zero-order valence-corrected chi connectivity index (χ0v) is 12.8. The molecule has 0 heterocycles. The summed E-state index contributed by atoms with van der Waals surface area (Å²) >= 11 is 0. The minimum absolute atomic E-state index is 0.0462. The van der Waals surface area contributed by atoms with Crippen molar-refractivity contribution in [1.82, 2.24) is 0 Å². The van der Waals surface area contributed by atoms with Crippen LogP contribution in [0.25, 0.3) is 0 Å². The molecule has 0 aliphatic heterocycles. The number of halogens is 4. The number of hydrazone groups is 1. The molecular weight excluding hydrogens is 362 g/mol. The van der Waals surface area contributed by atoms with Gasteiger partial charge in [-0.2, -0.15) is 22.7 Å². The molecule has 11 heteroatoms. The van der Waals surface area contributed by atoms with Gasteiger partial charge in [0.2, 0.25) is 0 Å². The van der Waals surface area contributed by atoms with E-state index in [9.17, 15) is 27.7 Å². The second kappa shape index (κ2) is 8.65. The van der Waals surface area contributed by atoms with Crippen LogP contribution in [0.4, 0.5) is 28.9 Å². The van der Waals surface area contributed by atoms with Crippen LogP contribution in [0, 0.1) is 10.1 Å². The first-order valence-electron chi connectivity index (χ1n) is 6.92. The third kappa shape index (κ3) is 5.61. The lowest BCUT2D eigenvalue weighted by molar-refractivity contribution is -0.384. The molecule has 0 aliphatic carbocycles. The topological polar surface area (TPSA) is 86.0 Å². The number of hydrogen-bond donors (Lipinski definition) is 1. The van der Waals surface area contributed by atoms with Gasteiger partial charge in [-0.3, -0.25) is 15.5 Å². The largest absolute Gasteiger partial charge is 0.435 e. The average Bonchev–Trinajstić information content (AvgIpc) is 2.56. The molecule has 1 N–H and O–H groups in total. The first-order chi connectivity index (χ1) is 12.3. The molecule has 0 aromatic heterocycles. The summed E-state index contributed by atoms with van der Waals surface area (Å²) in [6.07, 6.45) is 1.09. The Morgan fingerprint density at radius 2 is 1.81 bits per heavy atom. The Kier molecular flexibility index (Phi) is 6.31. The Hall–Kier alpha value is -3.37. The molecule has 0 radical (unpaired) electrons. The molecule has 0 aliphatic rings. The van der Waals surface area contributed by atoms with E-state index in [1.54, 1.807) is 0 Å². The van der Waals surface area contributed by atoms with E-state index in [-0.39, 0.29) is 22.7 Å². The minimum atomic E-state index is -3.19. The highest BCUT2D eigenvalue weighted by Crippen LogP contribution is 2.26. The maximum Gasteiger partial charge on any atom is 0.387 e. The van der Waals surface area contributed by atoms with Crippen LogP contribution in [0.2, 0.25) is 0 Å². The minimum Gasteiger partial charge on any atom is -0.435 e. The summed E-state index contributed by atoms with van der Waals surface area (Å²) in [5, 5.41) is 14.4. The van der Waals surface area contributed by atoms with Crippen molar-refractivity contribution in [3.8, 4) is 11.5 Å². The lowest BCUT2D eigenvalue weighted by atomic mass is 10.2. The van der Waals surface area contributed by atoms with Crippen LogP contribution < -0.4 is 14.9 Å². The number of alkyl halides is 4. The van der Waals surface area contributed by atoms with Gasteiger partial charge in [0, 0.05) is 23.8 Å². The van der Waals surface area contributed by atoms with Crippen LogP contribution in [-0.2, 0) is 0 Å². The standard InChI is InChI=1S/C15H11F4N3O4/c16-14(17)25-12-5-4-9(13(7-12)26-15(18)19)8-20-21-10-2-1-3-11(6-10)22(23)24/h1-8,14-15,21H/b20-8+. The van der Waals surface area contributed by atoms with Gasteiger partial charge >= 0.3 is 13.2 Å². The summed E-state index contributed by atoms with van der Waals surface area (Å²) in [6.45, 7) is -6.31. The third-order valence-electron chi connectivity index (χ3n) is 2.88. The van der Waals surface area contributed by atoms with Gasteiger partial charge in [0.15, 0.2) is 0 Å². The molecule has 2 rings (SSSR count). The zero-order valence-electron chi connectivity index (χ0n) is 12.8. The van der Waals surface area contributed by atoms with Crippen LogP contribution in [0.15, 0.2) is 47.6 Å². The molecule has 0 amide bonds. The third-order valence-corrected chi connectivity index (χ3v) is 2.88. The van der Waals surface area contributed by atoms with E-state index >= 15 is 0 Å². The summed E-state index contributed by atoms with van der Waals surface area (Å²) in [5.41, 5.74) is 2.65. The molecule has 2 aromatic carbocycles. The number of hydrogen-bond acceptors (Lipinski definition) is 6. The fourth-order valence-electron chi connectivity index (χ4n) is 1.86. The Morgan fingerprint density at radius 1 is 1.08 bits per heavy atom. The van der Waals surface area contributed by atoms with E-state index < -0.39 is 23.9 Å². The predicted octanol–water partition coefficient (Wildman–Crippen LogP) is 4.24. The van der Waals surface area contributed by atoms with Gasteiger partial charge in [0.05, 0.1) is 16.8 Å². The maximum atomic E-state index is 12.5. The quantitative estimate of drug-likeness (QED) is 0.324. The van der Waals surface area contributed by atoms with Gasteiger partial charge < -0.3 is 9.47 Å². The van der Waals surface area contributed by atoms with Gasteiger partial charge in [-0.05, 0) is 18.2 Å². The normalized spacial score (nSPS) is 11.2. The Labute approximate surface area is 144 Å². The molecule has 0 spiro atoms. The van der Waals surface area contributed by atoms with Gasteiger partial charge in [-0.1, -0.05) is 6.07 Å². The van der Waals surface area contributed by atoms with Crippen molar-refractivity contribution >= 4 is 17.6 Å². The van der Waals surface area contributed by atoms with E-state index in [2.05, 4.69) is 20.0 Å². The molecule has 0 fully saturated rings. The fraction of sp³-hybridized carbons (Fsp3) is 0.133. The number of ether oxygens (including phenoxy) is 2. The van der Waals surface area contributed by atoms with Crippen LogP contribution in [0.5, 0.6) is 11.5 Å². The highest BCUT2D eigenvalue weighted by atomic mass is 19.3. The lowest BCUT2D eigenvalue weighted by Crippen LogP contribution is -2.07. The second-order valence-corrected chi connectivity index (χ2v) is 4.63. The SMILES string of the molecule is O=[N+]([O-])c1cccc(N/N=C/c2ccc(OC(F)F)cc2OC(F)F)c1. The molecule has 26 heavy (non-hydrogen) atoms. The Balaban J connectivity index is 2.17. The fourth-order valence-corrected chi connectivity index (χ4v) is 1.86. The first-order valence-corrected chi connectivity index (χ1v) is 6.92. The molecule has 0 saturated heterocycles. The van der Waals surface area contributed by atoms with Crippen molar-refractivity contribution in [2.45, 2.75) is 13.2 Å². The number of non-ortho nitro benzene ring substituents is 1. The molecule has 0 atom stereocenters. The number of nitro benzene ring substituents is 1. The van der Waals surface area contributed by atoms with E-state index in [0.29, 0.717) is 0 Å². The summed E-state index contributed by atoms with van der Waals surface area (Å²) in [5.74, 6) is -0.790. The van der Waals surface area contributed by atoms with E-state index in [4.69, 9.17) is 0 Å². The molecule has 0 saturated carbocycles. The smallest absolute Gasteiger partial charge is 0.387 e. The highest BCUT2D eigenvalue weighted by molar-refractivity contribution is 5.84. The summed E-state index contributed by atoms with van der Waals surface area (Å²) in [6, 6.07) is 8.61. The van der Waals surface area contributed by atoms with Gasteiger partial charge in [0.1, 0.15) is 11.5 Å². The molecule has 0 bridgehead atoms. The van der Waals surface area contributed by atoms with Crippen molar-refractivity contribution < 1.29 is 32.0 Å². The van der Waals surface area contributed by atoms with Gasteiger partial charge in [0.25, 0.3) is 5.69 Å². The van der Waals surface area contributed by atoms with Gasteiger partial charge in [-0.25, -0.2) is 0 Å². The highest BCUT2D eigenvalue weighted by Gasteiger charge is 2.12. The van der Waals surface area contributed by atoms with Crippen LogP contribution in [-0.4, -0.2) is 24.4 Å². The molecule has 0 unspecified atom stereocenters. The number of nitro groups is 1. The average molecular weight is 373 g/mol. The van der Waals surface area contributed by atoms with Crippen molar-refractivity contribution in [3.63, 3.8) is 0 Å². The van der Waals surface area contributed by atoms with E-state index in [0.717, 1.165) is 18.3 Å². The molecular formula is C15H11F4N3O4. The molecule has 7 nitrogen and oxygen atoms in total. The first kappa shape index (κ1) is 19.0. The maximum absolute atomic E-state index is 12.5. The lowest BCUT2D eigenvalue weighted by Gasteiger charge is -2.10. The number of anilines is 1. The van der Waals surface area contributed by atoms with E-state index in [1.165, 1.54) is 30.3 Å². The Bertz CT molecular complexity index is 802. The predicted molar refractivity (Wildman–Crippen MR) is 84.0 cm³/mol. The number of nitrogens with zero attached hydrogens (tertiary/aromatic N) is 2. The van der Waals surface area contributed by atoms with Crippen molar-refractivity contribution in [1.29, 1.82) is 0 Å². The Morgan fingerprint density at radius 3 is 2.46 bits per heavy atom.